The monoisotopic (exact) mass is 532 g/mol. The van der Waals surface area contributed by atoms with Gasteiger partial charge in [0.25, 0.3) is 5.91 Å². The normalized spacial score (nSPS) is 10.9. The van der Waals surface area contributed by atoms with Gasteiger partial charge in [0.2, 0.25) is 5.89 Å². The molecule has 2 N–H and O–H groups in total. The van der Waals surface area contributed by atoms with Gasteiger partial charge in [-0.1, -0.05) is 24.3 Å². The third-order valence-electron chi connectivity index (χ3n) is 5.19. The van der Waals surface area contributed by atoms with Gasteiger partial charge in [0, 0.05) is 23.6 Å². The number of nitrogens with zero attached hydrogens (tertiary/aromatic N) is 2. The van der Waals surface area contributed by atoms with Gasteiger partial charge in [0.1, 0.15) is 11.3 Å². The first kappa shape index (κ1) is 22.0. The summed E-state index contributed by atoms with van der Waals surface area (Å²) in [6.45, 7) is 0. The van der Waals surface area contributed by atoms with E-state index in [9.17, 15) is 4.79 Å². The molecular weight excluding hydrogens is 516 g/mol. The number of rotatable bonds is 4. The van der Waals surface area contributed by atoms with Crippen molar-refractivity contribution in [1.82, 2.24) is 15.3 Å². The van der Waals surface area contributed by atoms with Crippen LogP contribution >= 0.6 is 28.1 Å². The highest BCUT2D eigenvalue weighted by Gasteiger charge is 2.19. The van der Waals surface area contributed by atoms with Gasteiger partial charge in [-0.05, 0) is 75.3 Å². The molecule has 0 unspecified atom stereocenters. The van der Waals surface area contributed by atoms with E-state index in [4.69, 9.17) is 21.4 Å². The summed E-state index contributed by atoms with van der Waals surface area (Å²) in [5, 5.41) is 7.75. The lowest BCUT2D eigenvalue weighted by Crippen LogP contribution is -2.34. The molecule has 5 rings (SSSR count). The molecule has 5 aromatic rings. The van der Waals surface area contributed by atoms with E-state index >= 15 is 0 Å². The zero-order valence-electron chi connectivity index (χ0n) is 17.8. The van der Waals surface area contributed by atoms with Crippen LogP contribution < -0.4 is 15.4 Å². The summed E-state index contributed by atoms with van der Waals surface area (Å²) >= 11 is 8.93. The van der Waals surface area contributed by atoms with E-state index in [-0.39, 0.29) is 11.0 Å². The van der Waals surface area contributed by atoms with Crippen LogP contribution in [0.5, 0.6) is 5.75 Å². The molecule has 34 heavy (non-hydrogen) atoms. The zero-order chi connectivity index (χ0) is 23.7. The molecule has 0 saturated carbocycles. The summed E-state index contributed by atoms with van der Waals surface area (Å²) in [6, 6.07) is 18.6. The van der Waals surface area contributed by atoms with Crippen molar-refractivity contribution in [3.63, 3.8) is 0 Å². The van der Waals surface area contributed by atoms with Crippen molar-refractivity contribution >= 4 is 66.7 Å². The lowest BCUT2D eigenvalue weighted by molar-refractivity contribution is 0.0975. The lowest BCUT2D eigenvalue weighted by atomic mass is 10.1. The van der Waals surface area contributed by atoms with Crippen LogP contribution in [-0.4, -0.2) is 28.1 Å². The Labute approximate surface area is 208 Å². The van der Waals surface area contributed by atoms with E-state index in [1.807, 2.05) is 36.4 Å². The number of anilines is 1. The number of aromatic nitrogens is 2. The number of carbonyl (C=O) groups is 1. The number of hydrogen-bond acceptors (Lipinski definition) is 6. The SMILES string of the molecule is COc1c(C(=O)NC(=S)Nc2ccc3oc(-c4ccncc4)nc3c2)cc2ccccc2c1Br. The quantitative estimate of drug-likeness (QED) is 0.277. The van der Waals surface area contributed by atoms with E-state index in [2.05, 4.69) is 36.5 Å². The molecule has 0 saturated heterocycles. The van der Waals surface area contributed by atoms with Gasteiger partial charge in [0.05, 0.1) is 17.1 Å². The number of amides is 1. The largest absolute Gasteiger partial charge is 0.495 e. The first-order valence-electron chi connectivity index (χ1n) is 10.2. The number of ether oxygens (including phenoxy) is 1. The van der Waals surface area contributed by atoms with Gasteiger partial charge in [-0.25, -0.2) is 4.98 Å². The summed E-state index contributed by atoms with van der Waals surface area (Å²) in [7, 11) is 1.52. The molecule has 7 nitrogen and oxygen atoms in total. The number of nitrogens with one attached hydrogen (secondary N) is 2. The molecule has 0 aliphatic carbocycles. The van der Waals surface area contributed by atoms with Crippen LogP contribution in [0, 0.1) is 0 Å². The highest BCUT2D eigenvalue weighted by molar-refractivity contribution is 9.10. The summed E-state index contributed by atoms with van der Waals surface area (Å²) in [5.74, 6) is 0.550. The van der Waals surface area contributed by atoms with Crippen LogP contribution in [0.3, 0.4) is 0 Å². The molecule has 0 aliphatic heterocycles. The molecular formula is C25H17BrN4O3S. The van der Waals surface area contributed by atoms with E-state index in [0.29, 0.717) is 38.5 Å². The maximum atomic E-state index is 13.0. The van der Waals surface area contributed by atoms with Gasteiger partial charge in [-0.2, -0.15) is 0 Å². The molecule has 9 heteroatoms. The van der Waals surface area contributed by atoms with Gasteiger partial charge >= 0.3 is 0 Å². The van der Waals surface area contributed by atoms with Crippen LogP contribution in [0.25, 0.3) is 33.3 Å². The highest BCUT2D eigenvalue weighted by Crippen LogP contribution is 2.36. The molecule has 0 atom stereocenters. The maximum Gasteiger partial charge on any atom is 0.261 e. The van der Waals surface area contributed by atoms with Crippen LogP contribution in [0.4, 0.5) is 5.69 Å². The number of pyridine rings is 1. The summed E-state index contributed by atoms with van der Waals surface area (Å²) in [5.41, 5.74) is 3.16. The fraction of sp³-hybridized carbons (Fsp3) is 0.0400. The van der Waals surface area contributed by atoms with Crippen molar-refractivity contribution in [3.05, 3.63) is 83.1 Å². The molecule has 0 fully saturated rings. The van der Waals surface area contributed by atoms with Crippen molar-refractivity contribution in [1.29, 1.82) is 0 Å². The molecule has 2 heterocycles. The number of oxazole rings is 1. The zero-order valence-corrected chi connectivity index (χ0v) is 20.2. The molecule has 168 valence electrons. The van der Waals surface area contributed by atoms with E-state index in [1.165, 1.54) is 7.11 Å². The Morgan fingerprint density at radius 1 is 1.09 bits per heavy atom. The number of halogens is 1. The number of hydrogen-bond donors (Lipinski definition) is 2. The number of thiocarbonyl (C=S) groups is 1. The Morgan fingerprint density at radius 2 is 1.88 bits per heavy atom. The predicted molar refractivity (Wildman–Crippen MR) is 139 cm³/mol. The second kappa shape index (κ2) is 9.20. The van der Waals surface area contributed by atoms with Crippen molar-refractivity contribution in [2.75, 3.05) is 12.4 Å². The van der Waals surface area contributed by atoms with Crippen molar-refractivity contribution in [3.8, 4) is 17.2 Å². The number of methoxy groups -OCH3 is 1. The minimum absolute atomic E-state index is 0.147. The van der Waals surface area contributed by atoms with Gasteiger partial charge in [-0.15, -0.1) is 0 Å². The smallest absolute Gasteiger partial charge is 0.261 e. The predicted octanol–water partition coefficient (Wildman–Crippen LogP) is 5.94. The minimum Gasteiger partial charge on any atom is -0.495 e. The lowest BCUT2D eigenvalue weighted by Gasteiger charge is -2.14. The van der Waals surface area contributed by atoms with Crippen molar-refractivity contribution in [2.24, 2.45) is 0 Å². The molecule has 0 aliphatic rings. The Morgan fingerprint density at radius 3 is 2.68 bits per heavy atom. The second-order valence-corrected chi connectivity index (χ2v) is 8.54. The Hall–Kier alpha value is -3.82. The summed E-state index contributed by atoms with van der Waals surface area (Å²) in [6.07, 6.45) is 3.36. The Balaban J connectivity index is 1.35. The molecule has 3 aromatic carbocycles. The van der Waals surface area contributed by atoms with E-state index < -0.39 is 0 Å². The second-order valence-electron chi connectivity index (χ2n) is 7.34. The number of carbonyl (C=O) groups excluding carboxylic acids is 1. The average Bonchev–Trinajstić information content (AvgIpc) is 3.28. The summed E-state index contributed by atoms with van der Waals surface area (Å²) in [4.78, 5) is 21.6. The molecule has 1 amide bonds. The van der Waals surface area contributed by atoms with Crippen molar-refractivity contribution < 1.29 is 13.9 Å². The van der Waals surface area contributed by atoms with E-state index in [0.717, 1.165) is 16.3 Å². The van der Waals surface area contributed by atoms with Gasteiger partial charge < -0.3 is 14.5 Å². The highest BCUT2D eigenvalue weighted by atomic mass is 79.9. The molecule has 0 spiro atoms. The van der Waals surface area contributed by atoms with Crippen LogP contribution in [0.2, 0.25) is 0 Å². The molecule has 2 aromatic heterocycles. The fourth-order valence-electron chi connectivity index (χ4n) is 3.61. The number of fused-ring (bicyclic) bond motifs is 2. The first-order valence-corrected chi connectivity index (χ1v) is 11.4. The molecule has 0 radical (unpaired) electrons. The Kier molecular flexibility index (Phi) is 5.95. The maximum absolute atomic E-state index is 13.0. The first-order chi connectivity index (χ1) is 16.5. The minimum atomic E-state index is -0.386. The van der Waals surface area contributed by atoms with Crippen LogP contribution in [0.15, 0.2) is 81.9 Å². The summed E-state index contributed by atoms with van der Waals surface area (Å²) < 4.78 is 12.0. The van der Waals surface area contributed by atoms with Crippen molar-refractivity contribution in [2.45, 2.75) is 0 Å². The third-order valence-corrected chi connectivity index (χ3v) is 6.18. The third kappa shape index (κ3) is 4.23. The van der Waals surface area contributed by atoms with E-state index in [1.54, 1.807) is 36.7 Å². The number of benzene rings is 3. The molecule has 0 bridgehead atoms. The Bertz CT molecular complexity index is 1550. The van der Waals surface area contributed by atoms with Gasteiger partial charge in [-0.3, -0.25) is 15.1 Å². The van der Waals surface area contributed by atoms with Crippen LogP contribution in [-0.2, 0) is 0 Å². The van der Waals surface area contributed by atoms with Gasteiger partial charge in [0.15, 0.2) is 10.7 Å². The topological polar surface area (TPSA) is 89.3 Å². The average molecular weight is 533 g/mol. The van der Waals surface area contributed by atoms with Crippen LogP contribution in [0.1, 0.15) is 10.4 Å². The fourth-order valence-corrected chi connectivity index (χ4v) is 4.56. The standard InChI is InChI=1S/C25H17BrN4O3S/c1-32-22-18(12-15-4-2-3-5-17(15)21(22)26)23(31)30-25(34)28-16-6-7-20-19(13-16)29-24(33-20)14-8-10-27-11-9-14/h2-13H,1H3,(H2,28,30,31,34).